The Morgan fingerprint density at radius 1 is 1.22 bits per heavy atom. The van der Waals surface area contributed by atoms with E-state index in [0.29, 0.717) is 13.1 Å². The zero-order valence-electron chi connectivity index (χ0n) is 16.1. The molecule has 0 aliphatic rings. The molecule has 0 saturated heterocycles. The van der Waals surface area contributed by atoms with E-state index in [-0.39, 0.29) is 34.4 Å². The third kappa shape index (κ3) is 5.51. The molecule has 9 nitrogen and oxygen atoms in total. The summed E-state index contributed by atoms with van der Waals surface area (Å²) < 4.78 is 36.6. The lowest BCUT2D eigenvalue weighted by Crippen LogP contribution is -2.30. The first-order valence-corrected chi connectivity index (χ1v) is 9.83. The zero-order chi connectivity index (χ0) is 20.6. The Hall–Kier alpha value is -2.46. The summed E-state index contributed by atoms with van der Waals surface area (Å²) >= 11 is 0. The molecule has 0 unspecified atom stereocenters. The number of rotatable bonds is 9. The van der Waals surface area contributed by atoms with Crippen LogP contribution in [-0.4, -0.2) is 50.6 Å². The smallest absolute Gasteiger partial charge is 0.362 e. The van der Waals surface area contributed by atoms with Crippen molar-refractivity contribution in [2.45, 2.75) is 32.6 Å². The number of hydrogen-bond acceptors (Lipinski definition) is 8. The quantitative estimate of drug-likeness (QED) is 0.295. The van der Waals surface area contributed by atoms with Crippen molar-refractivity contribution in [2.75, 3.05) is 26.8 Å². The summed E-state index contributed by atoms with van der Waals surface area (Å²) in [6.07, 6.45) is 0. The Balaban J connectivity index is 3.39. The average molecular weight is 399 g/mol. The van der Waals surface area contributed by atoms with Crippen molar-refractivity contribution in [1.29, 1.82) is 0 Å². The fourth-order valence-electron chi connectivity index (χ4n) is 2.19. The normalized spacial score (nSPS) is 13.0. The monoisotopic (exact) mass is 399 g/mol. The summed E-state index contributed by atoms with van der Waals surface area (Å²) in [4.78, 5) is 11.8. The van der Waals surface area contributed by atoms with Crippen molar-refractivity contribution in [2.24, 2.45) is 10.2 Å². The molecule has 0 fully saturated rings. The Morgan fingerprint density at radius 3 is 2.33 bits per heavy atom. The number of esters is 1. The van der Waals surface area contributed by atoms with Gasteiger partial charge in [-0.2, -0.15) is 4.31 Å². The number of benzene rings is 1. The van der Waals surface area contributed by atoms with Crippen molar-refractivity contribution in [1.82, 2.24) is 4.31 Å². The molecular formula is C17H25N3O6S. The van der Waals surface area contributed by atoms with Crippen molar-refractivity contribution >= 4 is 21.7 Å². The minimum absolute atomic E-state index is 0.0170. The second-order valence-electron chi connectivity index (χ2n) is 5.28. The lowest BCUT2D eigenvalue weighted by molar-refractivity contribution is -0.138. The number of ether oxygens (including phenoxy) is 2. The van der Waals surface area contributed by atoms with E-state index >= 15 is 0 Å². The maximum Gasteiger partial charge on any atom is 0.362 e. The summed E-state index contributed by atoms with van der Waals surface area (Å²) in [5.41, 5.74) is -0.287. The fraction of sp³-hybridized carbons (Fsp3) is 0.471. The highest BCUT2D eigenvalue weighted by Gasteiger charge is 2.23. The molecule has 0 bridgehead atoms. The number of allylic oxidation sites excluding steroid dienone is 1. The van der Waals surface area contributed by atoms with Gasteiger partial charge < -0.3 is 14.6 Å². The van der Waals surface area contributed by atoms with E-state index in [9.17, 15) is 18.3 Å². The Morgan fingerprint density at radius 2 is 1.85 bits per heavy atom. The third-order valence-corrected chi connectivity index (χ3v) is 5.61. The number of nitrogens with zero attached hydrogens (tertiary/aromatic N) is 3. The Labute approximate surface area is 159 Å². The first kappa shape index (κ1) is 22.6. The zero-order valence-corrected chi connectivity index (χ0v) is 16.9. The third-order valence-electron chi connectivity index (χ3n) is 3.56. The molecule has 1 N–H and O–H groups in total. The molecule has 0 aromatic heterocycles. The lowest BCUT2D eigenvalue weighted by Gasteiger charge is -2.18. The Kier molecular flexibility index (Phi) is 8.38. The molecule has 0 spiro atoms. The standard InChI is InChI=1S/C17H25N3O6S/c1-6-20(7-2)27(23,24)13-9-10-15(25-5)14(11-13)18-19-16(12(4)21)17(22)26-8-3/h9-11,21H,6-8H2,1-5H3. The molecule has 0 amide bonds. The van der Waals surface area contributed by atoms with E-state index in [1.165, 1.54) is 36.5 Å². The minimum atomic E-state index is -3.71. The van der Waals surface area contributed by atoms with Gasteiger partial charge in [-0.25, -0.2) is 13.2 Å². The van der Waals surface area contributed by atoms with Gasteiger partial charge in [0.25, 0.3) is 0 Å². The summed E-state index contributed by atoms with van der Waals surface area (Å²) in [7, 11) is -2.31. The molecule has 27 heavy (non-hydrogen) atoms. The van der Waals surface area contributed by atoms with Gasteiger partial charge in [0.2, 0.25) is 15.7 Å². The molecule has 10 heteroatoms. The van der Waals surface area contributed by atoms with Crippen LogP contribution in [0.15, 0.2) is 44.8 Å². The fourth-order valence-corrected chi connectivity index (χ4v) is 3.66. The summed E-state index contributed by atoms with van der Waals surface area (Å²) in [5, 5.41) is 17.2. The summed E-state index contributed by atoms with van der Waals surface area (Å²) in [6, 6.07) is 4.15. The van der Waals surface area contributed by atoms with Crippen LogP contribution in [0.3, 0.4) is 0 Å². The van der Waals surface area contributed by atoms with Crippen LogP contribution in [0.5, 0.6) is 5.75 Å². The largest absolute Gasteiger partial charge is 0.510 e. The van der Waals surface area contributed by atoms with Crippen LogP contribution in [0.25, 0.3) is 0 Å². The second kappa shape index (κ2) is 10.0. The maximum absolute atomic E-state index is 12.7. The van der Waals surface area contributed by atoms with Crippen molar-refractivity contribution in [3.63, 3.8) is 0 Å². The van der Waals surface area contributed by atoms with Crippen LogP contribution in [0.4, 0.5) is 5.69 Å². The first-order chi connectivity index (χ1) is 12.7. The van der Waals surface area contributed by atoms with Gasteiger partial charge in [-0.3, -0.25) is 0 Å². The number of hydrogen-bond donors (Lipinski definition) is 1. The molecule has 0 saturated carbocycles. The predicted molar refractivity (Wildman–Crippen MR) is 99.6 cm³/mol. The SMILES string of the molecule is CCOC(=O)C(N=Nc1cc(S(=O)(=O)N(CC)CC)ccc1OC)=C(C)O. The van der Waals surface area contributed by atoms with Gasteiger partial charge in [0, 0.05) is 13.1 Å². The van der Waals surface area contributed by atoms with Crippen molar-refractivity contribution < 1.29 is 27.8 Å². The molecule has 1 aromatic rings. The number of carbonyl (C=O) groups is 1. The van der Waals surface area contributed by atoms with E-state index in [2.05, 4.69) is 10.2 Å². The first-order valence-electron chi connectivity index (χ1n) is 8.39. The van der Waals surface area contributed by atoms with Gasteiger partial charge in [-0.15, -0.1) is 10.2 Å². The van der Waals surface area contributed by atoms with Crippen molar-refractivity contribution in [3.05, 3.63) is 29.7 Å². The van der Waals surface area contributed by atoms with Gasteiger partial charge in [0.05, 0.1) is 18.6 Å². The highest BCUT2D eigenvalue weighted by Crippen LogP contribution is 2.32. The van der Waals surface area contributed by atoms with Crippen LogP contribution in [0.1, 0.15) is 27.7 Å². The lowest BCUT2D eigenvalue weighted by atomic mass is 10.3. The topological polar surface area (TPSA) is 118 Å². The average Bonchev–Trinajstić information content (AvgIpc) is 2.62. The number of methoxy groups -OCH3 is 1. The van der Waals surface area contributed by atoms with Crippen LogP contribution < -0.4 is 4.74 Å². The van der Waals surface area contributed by atoms with Gasteiger partial charge in [-0.1, -0.05) is 13.8 Å². The molecular weight excluding hydrogens is 374 g/mol. The second-order valence-corrected chi connectivity index (χ2v) is 7.22. The van der Waals surface area contributed by atoms with Crippen LogP contribution in [-0.2, 0) is 19.6 Å². The molecule has 0 aliphatic carbocycles. The summed E-state index contributed by atoms with van der Waals surface area (Å²) in [5.74, 6) is -0.953. The maximum atomic E-state index is 12.7. The van der Waals surface area contributed by atoms with E-state index < -0.39 is 16.0 Å². The van der Waals surface area contributed by atoms with Gasteiger partial charge in [-0.05, 0) is 32.0 Å². The van der Waals surface area contributed by atoms with E-state index in [0.717, 1.165) is 0 Å². The molecule has 0 atom stereocenters. The van der Waals surface area contributed by atoms with Gasteiger partial charge >= 0.3 is 5.97 Å². The highest BCUT2D eigenvalue weighted by atomic mass is 32.2. The van der Waals surface area contributed by atoms with Crippen molar-refractivity contribution in [3.8, 4) is 5.75 Å². The number of aliphatic hydroxyl groups excluding tert-OH is 1. The van der Waals surface area contributed by atoms with Crippen LogP contribution >= 0.6 is 0 Å². The van der Waals surface area contributed by atoms with E-state index in [1.807, 2.05) is 0 Å². The Bertz CT molecular complexity index is 825. The number of carbonyl (C=O) groups excluding carboxylic acids is 1. The number of aliphatic hydroxyl groups is 1. The summed E-state index contributed by atoms with van der Waals surface area (Å²) in [6.45, 7) is 7.11. The highest BCUT2D eigenvalue weighted by molar-refractivity contribution is 7.89. The predicted octanol–water partition coefficient (Wildman–Crippen LogP) is 3.16. The van der Waals surface area contributed by atoms with Crippen LogP contribution in [0.2, 0.25) is 0 Å². The van der Waals surface area contributed by atoms with Gasteiger partial charge in [0.15, 0.2) is 0 Å². The molecule has 0 aliphatic heterocycles. The minimum Gasteiger partial charge on any atom is -0.510 e. The molecule has 150 valence electrons. The van der Waals surface area contributed by atoms with Crippen LogP contribution in [0, 0.1) is 0 Å². The van der Waals surface area contributed by atoms with Gasteiger partial charge in [0.1, 0.15) is 17.2 Å². The number of azo groups is 1. The molecule has 1 rings (SSSR count). The molecule has 0 radical (unpaired) electrons. The molecule has 1 aromatic carbocycles. The molecule has 0 heterocycles. The van der Waals surface area contributed by atoms with E-state index in [1.54, 1.807) is 20.8 Å². The van der Waals surface area contributed by atoms with E-state index in [4.69, 9.17) is 9.47 Å². The number of sulfonamides is 1.